The molecule has 3 rings (SSSR count). The fraction of sp³-hybridized carbons (Fsp3) is 1.00. The van der Waals surface area contributed by atoms with Gasteiger partial charge in [-0.3, -0.25) is 0 Å². The van der Waals surface area contributed by atoms with Gasteiger partial charge in [-0.2, -0.15) is 0 Å². The molecule has 3 saturated carbocycles. The van der Waals surface area contributed by atoms with E-state index in [0.29, 0.717) is 11.5 Å². The highest BCUT2D eigenvalue weighted by Crippen LogP contribution is 2.62. The molecule has 92 valence electrons. The standard InChI is InChI=1S/C13H23NO2/c1-15-10-6-13(7-11(10)16-2)9-4-3-8(5-9)12(13)14/h8-12H,3-7,14H2,1-2H3/t8-,9+,10-,11?,12-,13?/m0/s1. The van der Waals surface area contributed by atoms with E-state index < -0.39 is 0 Å². The number of ether oxygens (including phenoxy) is 2. The Labute approximate surface area is 97.7 Å². The molecule has 0 heterocycles. The SMILES string of the molecule is COC1CC2(C[C@@H]1OC)[C@@H]1CC[C@@H](C1)[C@@H]2N. The highest BCUT2D eigenvalue weighted by atomic mass is 16.5. The van der Waals surface area contributed by atoms with Gasteiger partial charge in [0.15, 0.2) is 0 Å². The molecule has 0 aromatic rings. The third kappa shape index (κ3) is 1.25. The first kappa shape index (κ1) is 11.0. The Morgan fingerprint density at radius 1 is 1.06 bits per heavy atom. The van der Waals surface area contributed by atoms with E-state index in [1.54, 1.807) is 14.2 Å². The molecule has 3 heteroatoms. The first-order valence-electron chi connectivity index (χ1n) is 6.52. The molecular formula is C13H23NO2. The summed E-state index contributed by atoms with van der Waals surface area (Å²) in [5, 5.41) is 0. The predicted octanol–water partition coefficient (Wildman–Crippen LogP) is 1.55. The van der Waals surface area contributed by atoms with Crippen LogP contribution in [0.15, 0.2) is 0 Å². The van der Waals surface area contributed by atoms with Gasteiger partial charge in [-0.15, -0.1) is 0 Å². The lowest BCUT2D eigenvalue weighted by Gasteiger charge is -2.39. The first-order chi connectivity index (χ1) is 7.71. The van der Waals surface area contributed by atoms with Crippen molar-refractivity contribution in [2.45, 2.75) is 50.4 Å². The molecule has 3 fully saturated rings. The summed E-state index contributed by atoms with van der Waals surface area (Å²) in [5.74, 6) is 1.61. The summed E-state index contributed by atoms with van der Waals surface area (Å²) in [7, 11) is 3.60. The van der Waals surface area contributed by atoms with E-state index in [9.17, 15) is 0 Å². The van der Waals surface area contributed by atoms with Gasteiger partial charge in [-0.25, -0.2) is 0 Å². The van der Waals surface area contributed by atoms with Crippen LogP contribution in [0.25, 0.3) is 0 Å². The molecule has 6 atom stereocenters. The molecule has 0 saturated heterocycles. The van der Waals surface area contributed by atoms with E-state index in [4.69, 9.17) is 15.2 Å². The molecule has 0 radical (unpaired) electrons. The summed E-state index contributed by atoms with van der Waals surface area (Å²) in [6.45, 7) is 0. The summed E-state index contributed by atoms with van der Waals surface area (Å²) in [6.07, 6.45) is 6.84. The average molecular weight is 225 g/mol. The van der Waals surface area contributed by atoms with Crippen LogP contribution in [0.1, 0.15) is 32.1 Å². The van der Waals surface area contributed by atoms with Gasteiger partial charge in [-0.05, 0) is 49.4 Å². The van der Waals surface area contributed by atoms with E-state index in [-0.39, 0.29) is 12.2 Å². The molecule has 3 aliphatic carbocycles. The van der Waals surface area contributed by atoms with Gasteiger partial charge in [-0.1, -0.05) is 0 Å². The maximum atomic E-state index is 6.48. The van der Waals surface area contributed by atoms with E-state index in [1.807, 2.05) is 0 Å². The Bertz CT molecular complexity index is 265. The highest BCUT2D eigenvalue weighted by molar-refractivity contribution is 5.13. The van der Waals surface area contributed by atoms with Crippen LogP contribution in [0.2, 0.25) is 0 Å². The number of hydrogen-bond acceptors (Lipinski definition) is 3. The van der Waals surface area contributed by atoms with Crippen molar-refractivity contribution in [3.05, 3.63) is 0 Å². The molecule has 2 N–H and O–H groups in total. The van der Waals surface area contributed by atoms with Gasteiger partial charge >= 0.3 is 0 Å². The molecule has 0 amide bonds. The summed E-state index contributed by atoms with van der Waals surface area (Å²) in [5.41, 5.74) is 6.82. The van der Waals surface area contributed by atoms with Crippen LogP contribution in [0, 0.1) is 17.3 Å². The normalized spacial score (nSPS) is 55.3. The summed E-state index contributed by atoms with van der Waals surface area (Å²) in [6, 6.07) is 0.393. The second-order valence-corrected chi connectivity index (χ2v) is 5.99. The van der Waals surface area contributed by atoms with E-state index >= 15 is 0 Å². The highest BCUT2D eigenvalue weighted by Gasteiger charge is 2.61. The van der Waals surface area contributed by atoms with Crippen molar-refractivity contribution in [1.29, 1.82) is 0 Å². The predicted molar refractivity (Wildman–Crippen MR) is 62.1 cm³/mol. The number of nitrogens with two attached hydrogens (primary N) is 1. The van der Waals surface area contributed by atoms with Crippen LogP contribution in [0.5, 0.6) is 0 Å². The number of methoxy groups -OCH3 is 2. The van der Waals surface area contributed by atoms with Crippen molar-refractivity contribution in [3.63, 3.8) is 0 Å². The average Bonchev–Trinajstić information content (AvgIpc) is 2.97. The fourth-order valence-electron chi connectivity index (χ4n) is 4.78. The first-order valence-corrected chi connectivity index (χ1v) is 6.52. The maximum Gasteiger partial charge on any atom is 0.0838 e. The van der Waals surface area contributed by atoms with Crippen LogP contribution >= 0.6 is 0 Å². The molecule has 3 aliphatic rings. The van der Waals surface area contributed by atoms with Gasteiger partial charge in [0.05, 0.1) is 12.2 Å². The lowest BCUT2D eigenvalue weighted by molar-refractivity contribution is -0.0157. The van der Waals surface area contributed by atoms with Crippen molar-refractivity contribution in [2.24, 2.45) is 23.0 Å². The van der Waals surface area contributed by atoms with Gasteiger partial charge in [0.2, 0.25) is 0 Å². The molecule has 2 unspecified atom stereocenters. The van der Waals surface area contributed by atoms with Gasteiger partial charge < -0.3 is 15.2 Å². The number of fused-ring (bicyclic) bond motifs is 3. The second kappa shape index (κ2) is 3.69. The Morgan fingerprint density at radius 3 is 2.12 bits per heavy atom. The molecule has 0 aromatic carbocycles. The molecule has 1 spiro atoms. The van der Waals surface area contributed by atoms with Crippen LogP contribution < -0.4 is 5.73 Å². The zero-order valence-corrected chi connectivity index (χ0v) is 10.3. The quantitative estimate of drug-likeness (QED) is 0.775. The van der Waals surface area contributed by atoms with Crippen molar-refractivity contribution < 1.29 is 9.47 Å². The zero-order valence-electron chi connectivity index (χ0n) is 10.3. The minimum absolute atomic E-state index is 0.260. The van der Waals surface area contributed by atoms with Crippen LogP contribution in [0.4, 0.5) is 0 Å². The minimum atomic E-state index is 0.260. The van der Waals surface area contributed by atoms with Crippen LogP contribution in [0.3, 0.4) is 0 Å². The van der Waals surface area contributed by atoms with E-state index in [2.05, 4.69) is 0 Å². The summed E-state index contributed by atoms with van der Waals surface area (Å²) < 4.78 is 11.2. The Kier molecular flexibility index (Phi) is 2.54. The smallest absolute Gasteiger partial charge is 0.0838 e. The van der Waals surface area contributed by atoms with E-state index in [1.165, 1.54) is 19.3 Å². The lowest BCUT2D eigenvalue weighted by atomic mass is 9.69. The van der Waals surface area contributed by atoms with Crippen molar-refractivity contribution in [1.82, 2.24) is 0 Å². The lowest BCUT2D eigenvalue weighted by Crippen LogP contribution is -2.45. The van der Waals surface area contributed by atoms with Gasteiger partial charge in [0, 0.05) is 20.3 Å². The van der Waals surface area contributed by atoms with Crippen LogP contribution in [-0.2, 0) is 9.47 Å². The fourth-order valence-corrected chi connectivity index (χ4v) is 4.78. The molecular weight excluding hydrogens is 202 g/mol. The second-order valence-electron chi connectivity index (χ2n) is 5.99. The van der Waals surface area contributed by atoms with Gasteiger partial charge in [0.25, 0.3) is 0 Å². The third-order valence-corrected chi connectivity index (χ3v) is 5.64. The van der Waals surface area contributed by atoms with E-state index in [0.717, 1.165) is 24.7 Å². The van der Waals surface area contributed by atoms with Crippen molar-refractivity contribution in [3.8, 4) is 0 Å². The topological polar surface area (TPSA) is 44.5 Å². The Hall–Kier alpha value is -0.120. The molecule has 0 aromatic heterocycles. The Morgan fingerprint density at radius 2 is 1.69 bits per heavy atom. The zero-order chi connectivity index (χ0) is 11.3. The number of rotatable bonds is 2. The third-order valence-electron chi connectivity index (χ3n) is 5.64. The molecule has 2 bridgehead atoms. The molecule has 16 heavy (non-hydrogen) atoms. The van der Waals surface area contributed by atoms with Gasteiger partial charge in [0.1, 0.15) is 0 Å². The minimum Gasteiger partial charge on any atom is -0.379 e. The van der Waals surface area contributed by atoms with Crippen molar-refractivity contribution in [2.75, 3.05) is 14.2 Å². The summed E-state index contributed by atoms with van der Waals surface area (Å²) >= 11 is 0. The van der Waals surface area contributed by atoms with Crippen molar-refractivity contribution >= 4 is 0 Å². The van der Waals surface area contributed by atoms with Crippen LogP contribution in [-0.4, -0.2) is 32.5 Å². The Balaban J connectivity index is 1.85. The largest absolute Gasteiger partial charge is 0.379 e. The maximum absolute atomic E-state index is 6.48. The molecule has 3 nitrogen and oxygen atoms in total. The molecule has 0 aliphatic heterocycles. The number of hydrogen-bond donors (Lipinski definition) is 1. The summed E-state index contributed by atoms with van der Waals surface area (Å²) in [4.78, 5) is 0. The monoisotopic (exact) mass is 225 g/mol.